The summed E-state index contributed by atoms with van der Waals surface area (Å²) >= 11 is 1.69. The van der Waals surface area contributed by atoms with Crippen LogP contribution in [0.4, 0.5) is 17.3 Å². The molecule has 0 atom stereocenters. The number of nitrogens with one attached hydrogen (secondary N) is 2. The molecule has 3 aromatic rings. The molecule has 3 aromatic heterocycles. The molecule has 0 saturated carbocycles. The quantitative estimate of drug-likeness (QED) is 0.771. The summed E-state index contributed by atoms with van der Waals surface area (Å²) < 4.78 is 0. The van der Waals surface area contributed by atoms with Gasteiger partial charge in [-0.25, -0.2) is 15.0 Å². The number of aryl methyl sites for hydroxylation is 2. The van der Waals surface area contributed by atoms with Crippen molar-refractivity contribution in [2.24, 2.45) is 0 Å². The molecule has 5 nitrogen and oxygen atoms in total. The summed E-state index contributed by atoms with van der Waals surface area (Å²) in [5, 5.41) is 7.41. The smallest absolute Gasteiger partial charge is 0.142 e. The van der Waals surface area contributed by atoms with Crippen LogP contribution in [0.2, 0.25) is 0 Å². The Morgan fingerprint density at radius 2 is 1.95 bits per heavy atom. The van der Waals surface area contributed by atoms with Crippen molar-refractivity contribution in [1.29, 1.82) is 0 Å². The first-order valence-corrected chi connectivity index (χ1v) is 7.12. The number of hydrogen-bond acceptors (Lipinski definition) is 6. The number of fused-ring (bicyclic) bond motifs is 1. The van der Waals surface area contributed by atoms with E-state index in [1.807, 2.05) is 19.2 Å². The largest absolute Gasteiger partial charge is 0.373 e. The van der Waals surface area contributed by atoms with E-state index in [-0.39, 0.29) is 0 Å². The third-order valence-electron chi connectivity index (χ3n) is 3.25. The van der Waals surface area contributed by atoms with Crippen LogP contribution in [0, 0.1) is 13.8 Å². The fourth-order valence-electron chi connectivity index (χ4n) is 2.03. The van der Waals surface area contributed by atoms with Gasteiger partial charge in [-0.05, 0) is 31.5 Å². The molecule has 0 bridgehead atoms. The Labute approximate surface area is 121 Å². The molecule has 3 rings (SSSR count). The van der Waals surface area contributed by atoms with Gasteiger partial charge in [0.2, 0.25) is 0 Å². The Hall–Kier alpha value is -2.21. The minimum Gasteiger partial charge on any atom is -0.373 e. The van der Waals surface area contributed by atoms with Gasteiger partial charge < -0.3 is 10.6 Å². The van der Waals surface area contributed by atoms with Crippen molar-refractivity contribution in [2.45, 2.75) is 13.8 Å². The van der Waals surface area contributed by atoms with Crippen LogP contribution in [-0.4, -0.2) is 22.0 Å². The molecule has 0 aliphatic carbocycles. The SMILES string of the molecule is CNc1ccc(Nc2ncnc3sc(C)c(C)c23)cn1. The highest BCUT2D eigenvalue weighted by Crippen LogP contribution is 2.33. The first-order chi connectivity index (χ1) is 9.69. The third kappa shape index (κ3) is 2.18. The van der Waals surface area contributed by atoms with Gasteiger partial charge in [0.1, 0.15) is 22.8 Å². The van der Waals surface area contributed by atoms with Crippen molar-refractivity contribution in [3.05, 3.63) is 35.1 Å². The summed E-state index contributed by atoms with van der Waals surface area (Å²) in [4.78, 5) is 15.3. The summed E-state index contributed by atoms with van der Waals surface area (Å²) in [5.41, 5.74) is 2.14. The molecule has 0 aliphatic heterocycles. The molecular formula is C14H15N5S. The van der Waals surface area contributed by atoms with Gasteiger partial charge in [-0.3, -0.25) is 0 Å². The monoisotopic (exact) mass is 285 g/mol. The molecule has 6 heteroatoms. The lowest BCUT2D eigenvalue weighted by Gasteiger charge is -2.07. The molecule has 3 heterocycles. The maximum atomic E-state index is 4.36. The Kier molecular flexibility index (Phi) is 3.23. The van der Waals surface area contributed by atoms with E-state index in [0.29, 0.717) is 0 Å². The van der Waals surface area contributed by atoms with E-state index in [1.54, 1.807) is 23.9 Å². The summed E-state index contributed by atoms with van der Waals surface area (Å²) in [6.07, 6.45) is 3.38. The first kappa shape index (κ1) is 12.8. The Morgan fingerprint density at radius 1 is 1.10 bits per heavy atom. The fourth-order valence-corrected chi connectivity index (χ4v) is 3.03. The summed E-state index contributed by atoms with van der Waals surface area (Å²) in [6, 6.07) is 3.90. The lowest BCUT2D eigenvalue weighted by Crippen LogP contribution is -1.97. The van der Waals surface area contributed by atoms with Crippen molar-refractivity contribution in [2.75, 3.05) is 17.7 Å². The lowest BCUT2D eigenvalue weighted by molar-refractivity contribution is 1.22. The Balaban J connectivity index is 2.01. The van der Waals surface area contributed by atoms with Gasteiger partial charge in [0.15, 0.2) is 0 Å². The third-order valence-corrected chi connectivity index (χ3v) is 4.36. The number of rotatable bonds is 3. The van der Waals surface area contributed by atoms with Gasteiger partial charge in [-0.1, -0.05) is 0 Å². The van der Waals surface area contributed by atoms with Crippen LogP contribution in [0.3, 0.4) is 0 Å². The van der Waals surface area contributed by atoms with Crippen LogP contribution in [-0.2, 0) is 0 Å². The van der Waals surface area contributed by atoms with E-state index in [0.717, 1.165) is 27.5 Å². The second kappa shape index (κ2) is 5.05. The predicted molar refractivity (Wildman–Crippen MR) is 84.0 cm³/mol. The molecule has 20 heavy (non-hydrogen) atoms. The molecule has 0 fully saturated rings. The molecule has 2 N–H and O–H groups in total. The van der Waals surface area contributed by atoms with Crippen molar-refractivity contribution in [3.63, 3.8) is 0 Å². The van der Waals surface area contributed by atoms with Gasteiger partial charge in [0.25, 0.3) is 0 Å². The molecule has 102 valence electrons. The van der Waals surface area contributed by atoms with Crippen LogP contribution in [0.1, 0.15) is 10.4 Å². The standard InChI is InChI=1S/C14H15N5S/c1-8-9(2)20-14-12(8)13(17-7-18-14)19-10-4-5-11(15-3)16-6-10/h4-7H,1-3H3,(H,15,16)(H,17,18,19). The minimum atomic E-state index is 0.829. The van der Waals surface area contributed by atoms with Gasteiger partial charge in [0.05, 0.1) is 17.3 Å². The number of anilines is 3. The number of pyridine rings is 1. The number of hydrogen-bond donors (Lipinski definition) is 2. The normalized spacial score (nSPS) is 10.8. The molecule has 0 radical (unpaired) electrons. The summed E-state index contributed by atoms with van der Waals surface area (Å²) in [7, 11) is 1.85. The van der Waals surface area contributed by atoms with E-state index in [4.69, 9.17) is 0 Å². The average Bonchev–Trinajstić information content (AvgIpc) is 2.76. The number of aromatic nitrogens is 3. The maximum absolute atomic E-state index is 4.36. The molecule has 0 unspecified atom stereocenters. The fraction of sp³-hybridized carbons (Fsp3) is 0.214. The lowest BCUT2D eigenvalue weighted by atomic mass is 10.2. The van der Waals surface area contributed by atoms with Crippen LogP contribution >= 0.6 is 11.3 Å². The Morgan fingerprint density at radius 3 is 2.65 bits per heavy atom. The van der Waals surface area contributed by atoms with Gasteiger partial charge in [0, 0.05) is 11.9 Å². The zero-order valence-corrected chi connectivity index (χ0v) is 12.4. The van der Waals surface area contributed by atoms with Crippen LogP contribution in [0.5, 0.6) is 0 Å². The van der Waals surface area contributed by atoms with Crippen LogP contribution in [0.25, 0.3) is 10.2 Å². The second-order valence-corrected chi connectivity index (χ2v) is 5.70. The highest BCUT2D eigenvalue weighted by Gasteiger charge is 2.11. The molecule has 0 spiro atoms. The molecular weight excluding hydrogens is 270 g/mol. The van der Waals surface area contributed by atoms with Crippen molar-refractivity contribution >= 4 is 38.9 Å². The van der Waals surface area contributed by atoms with Gasteiger partial charge in [-0.15, -0.1) is 11.3 Å². The zero-order valence-electron chi connectivity index (χ0n) is 11.6. The van der Waals surface area contributed by atoms with Crippen LogP contribution in [0.15, 0.2) is 24.7 Å². The van der Waals surface area contributed by atoms with E-state index in [9.17, 15) is 0 Å². The summed E-state index contributed by atoms with van der Waals surface area (Å²) in [5.74, 6) is 1.67. The van der Waals surface area contributed by atoms with Gasteiger partial charge in [-0.2, -0.15) is 0 Å². The van der Waals surface area contributed by atoms with E-state index in [2.05, 4.69) is 39.4 Å². The van der Waals surface area contributed by atoms with Crippen molar-refractivity contribution < 1.29 is 0 Å². The Bertz CT molecular complexity index is 748. The highest BCUT2D eigenvalue weighted by atomic mass is 32.1. The molecule has 0 saturated heterocycles. The maximum Gasteiger partial charge on any atom is 0.142 e. The molecule has 0 aliphatic rings. The van der Waals surface area contributed by atoms with Crippen molar-refractivity contribution in [1.82, 2.24) is 15.0 Å². The van der Waals surface area contributed by atoms with E-state index in [1.165, 1.54) is 10.4 Å². The minimum absolute atomic E-state index is 0.829. The summed E-state index contributed by atoms with van der Waals surface area (Å²) in [6.45, 7) is 4.21. The molecule has 0 amide bonds. The van der Waals surface area contributed by atoms with Gasteiger partial charge >= 0.3 is 0 Å². The molecule has 0 aromatic carbocycles. The zero-order chi connectivity index (χ0) is 14.1. The van der Waals surface area contributed by atoms with E-state index < -0.39 is 0 Å². The topological polar surface area (TPSA) is 62.7 Å². The number of nitrogens with zero attached hydrogens (tertiary/aromatic N) is 3. The predicted octanol–water partition coefficient (Wildman–Crippen LogP) is 3.49. The highest BCUT2D eigenvalue weighted by molar-refractivity contribution is 7.18. The average molecular weight is 285 g/mol. The number of thiophene rings is 1. The first-order valence-electron chi connectivity index (χ1n) is 6.30. The van der Waals surface area contributed by atoms with E-state index >= 15 is 0 Å². The second-order valence-electron chi connectivity index (χ2n) is 4.49. The van der Waals surface area contributed by atoms with Crippen molar-refractivity contribution in [3.8, 4) is 0 Å². The van der Waals surface area contributed by atoms with Crippen LogP contribution < -0.4 is 10.6 Å².